The molecule has 2 heteroatoms. The molecule has 0 N–H and O–H groups in total. The second kappa shape index (κ2) is 2.17. The van der Waals surface area contributed by atoms with Crippen LogP contribution in [0.2, 0.25) is 0 Å². The Hall–Kier alpha value is 0.759. The zero-order valence-electron chi connectivity index (χ0n) is 3.78. The molecule has 0 aromatic rings. The first-order valence-electron chi connectivity index (χ1n) is 2.36. The Labute approximate surface area is 52.2 Å². The van der Waals surface area contributed by atoms with Gasteiger partial charge in [-0.3, -0.25) is 0 Å². The molecule has 1 aliphatic heterocycles. The Morgan fingerprint density at radius 1 is 1.17 bits per heavy atom. The molecule has 0 bridgehead atoms. The van der Waals surface area contributed by atoms with Crippen molar-refractivity contribution < 1.29 is 0 Å². The molecular weight excluding hydrogens is 181 g/mol. The van der Waals surface area contributed by atoms with Gasteiger partial charge in [0.05, 0.1) is 0 Å². The van der Waals surface area contributed by atoms with Crippen LogP contribution in [0.15, 0.2) is 0 Å². The molecule has 1 fully saturated rings. The van der Waals surface area contributed by atoms with Crippen molar-refractivity contribution in [1.29, 1.82) is 0 Å². The maximum atomic E-state index is 2.45. The fourth-order valence-corrected chi connectivity index (χ4v) is 1.62. The van der Waals surface area contributed by atoms with Crippen LogP contribution in [0.25, 0.3) is 0 Å². The Morgan fingerprint density at radius 3 is 1.83 bits per heavy atom. The van der Waals surface area contributed by atoms with Crippen molar-refractivity contribution in [2.24, 2.45) is 0 Å². The summed E-state index contributed by atoms with van der Waals surface area (Å²) in [4.78, 5) is 0. The fourth-order valence-electron chi connectivity index (χ4n) is 0.717. The van der Waals surface area contributed by atoms with Crippen LogP contribution in [0.5, 0.6) is 0 Å². The molecule has 1 heterocycles. The van der Waals surface area contributed by atoms with Crippen molar-refractivity contribution in [3.63, 3.8) is 0 Å². The summed E-state index contributed by atoms with van der Waals surface area (Å²) in [5, 5.41) is 0. The quantitative estimate of drug-likeness (QED) is 0.490. The average molecular weight is 189 g/mol. The van der Waals surface area contributed by atoms with Gasteiger partial charge in [-0.2, -0.15) is 0 Å². The van der Waals surface area contributed by atoms with Gasteiger partial charge >= 0.3 is 51.9 Å². The fraction of sp³-hybridized carbons (Fsp3) is 1.00. The van der Waals surface area contributed by atoms with Gasteiger partial charge in [-0.25, -0.2) is 0 Å². The topological polar surface area (TPSA) is 3.24 Å². The van der Waals surface area contributed by atoms with E-state index in [0.717, 1.165) is 0 Å². The SMILES string of the molecule is [Sn+][N]1CCCC1. The van der Waals surface area contributed by atoms with Gasteiger partial charge in [0.25, 0.3) is 0 Å². The Morgan fingerprint density at radius 2 is 1.67 bits per heavy atom. The van der Waals surface area contributed by atoms with Gasteiger partial charge in [-0.1, -0.05) is 0 Å². The van der Waals surface area contributed by atoms with Crippen molar-refractivity contribution in [2.75, 3.05) is 13.1 Å². The molecule has 1 aliphatic rings. The van der Waals surface area contributed by atoms with E-state index in [0.29, 0.717) is 0 Å². The van der Waals surface area contributed by atoms with Crippen molar-refractivity contribution in [1.82, 2.24) is 3.12 Å². The first-order valence-corrected chi connectivity index (χ1v) is 3.63. The molecule has 0 aliphatic carbocycles. The molecule has 1 nitrogen and oxygen atoms in total. The average Bonchev–Trinajstić information content (AvgIpc) is 1.86. The van der Waals surface area contributed by atoms with E-state index in [-0.39, 0.29) is 0 Å². The van der Waals surface area contributed by atoms with Crippen LogP contribution in [0, 0.1) is 0 Å². The van der Waals surface area contributed by atoms with Crippen LogP contribution in [0.3, 0.4) is 0 Å². The maximum absolute atomic E-state index is 2.45. The summed E-state index contributed by atoms with van der Waals surface area (Å²) >= 11 is 1.60. The summed E-state index contributed by atoms with van der Waals surface area (Å²) < 4.78 is 2.45. The van der Waals surface area contributed by atoms with Crippen LogP contribution >= 0.6 is 0 Å². The van der Waals surface area contributed by atoms with Gasteiger partial charge in [0.1, 0.15) is 0 Å². The first kappa shape index (κ1) is 4.91. The molecule has 1 rings (SSSR count). The standard InChI is InChI=1S/C4H8N.Sn/c1-2-4-5-3-1;/h1-4H2;/q-1;+2. The van der Waals surface area contributed by atoms with Crippen molar-refractivity contribution in [3.8, 4) is 0 Å². The monoisotopic (exact) mass is 190 g/mol. The van der Waals surface area contributed by atoms with E-state index in [1.54, 1.807) is 22.8 Å². The molecule has 32 valence electrons. The van der Waals surface area contributed by atoms with E-state index < -0.39 is 0 Å². The summed E-state index contributed by atoms with van der Waals surface area (Å²) in [5.41, 5.74) is 0. The van der Waals surface area contributed by atoms with Crippen LogP contribution < -0.4 is 0 Å². The molecule has 0 unspecified atom stereocenters. The summed E-state index contributed by atoms with van der Waals surface area (Å²) in [6.45, 7) is 2.72. The second-order valence-electron chi connectivity index (χ2n) is 1.69. The third-order valence-electron chi connectivity index (χ3n) is 1.11. The molecule has 0 amide bonds. The van der Waals surface area contributed by atoms with E-state index in [2.05, 4.69) is 3.12 Å². The predicted molar refractivity (Wildman–Crippen MR) is 26.6 cm³/mol. The Balaban J connectivity index is 2.18. The van der Waals surface area contributed by atoms with E-state index in [1.807, 2.05) is 0 Å². The van der Waals surface area contributed by atoms with E-state index in [1.165, 1.54) is 25.9 Å². The zero-order chi connectivity index (χ0) is 4.41. The van der Waals surface area contributed by atoms with Gasteiger partial charge in [0.15, 0.2) is 0 Å². The van der Waals surface area contributed by atoms with Gasteiger partial charge in [-0.15, -0.1) is 0 Å². The van der Waals surface area contributed by atoms with E-state index in [4.69, 9.17) is 0 Å². The van der Waals surface area contributed by atoms with Gasteiger partial charge in [-0.05, 0) is 0 Å². The van der Waals surface area contributed by atoms with Gasteiger partial charge < -0.3 is 0 Å². The summed E-state index contributed by atoms with van der Waals surface area (Å²) in [5.74, 6) is 0. The number of rotatable bonds is 0. The molecule has 1 saturated heterocycles. The molecule has 6 heavy (non-hydrogen) atoms. The molecule has 0 aromatic carbocycles. The summed E-state index contributed by atoms with van der Waals surface area (Å²) in [7, 11) is 0. The van der Waals surface area contributed by atoms with Gasteiger partial charge in [0, 0.05) is 0 Å². The molecular formula is C4H8NSn+. The molecule has 0 spiro atoms. The Bertz CT molecular complexity index is 40.8. The Kier molecular flexibility index (Phi) is 1.77. The van der Waals surface area contributed by atoms with Crippen LogP contribution in [0.4, 0.5) is 0 Å². The second-order valence-corrected chi connectivity index (χ2v) is 3.50. The van der Waals surface area contributed by atoms with Crippen molar-refractivity contribution in [2.45, 2.75) is 12.8 Å². The minimum atomic E-state index is 1.36. The molecule has 0 aromatic heterocycles. The summed E-state index contributed by atoms with van der Waals surface area (Å²) in [6.07, 6.45) is 2.87. The third-order valence-corrected chi connectivity index (χ3v) is 2.38. The van der Waals surface area contributed by atoms with Crippen LogP contribution in [-0.4, -0.2) is 39.0 Å². The third kappa shape index (κ3) is 1.12. The molecule has 0 atom stereocenters. The molecule has 0 saturated carbocycles. The van der Waals surface area contributed by atoms with E-state index >= 15 is 0 Å². The van der Waals surface area contributed by atoms with E-state index in [9.17, 15) is 0 Å². The zero-order valence-corrected chi connectivity index (χ0v) is 6.63. The number of nitrogens with zero attached hydrogens (tertiary/aromatic N) is 1. The minimum absolute atomic E-state index is 1.36. The first-order chi connectivity index (χ1) is 2.89. The normalized spacial score (nSPS) is 25.3. The van der Waals surface area contributed by atoms with Crippen molar-refractivity contribution in [3.05, 3.63) is 0 Å². The van der Waals surface area contributed by atoms with Crippen LogP contribution in [0.1, 0.15) is 12.8 Å². The number of hydrogen-bond acceptors (Lipinski definition) is 1. The van der Waals surface area contributed by atoms with Crippen LogP contribution in [-0.2, 0) is 0 Å². The number of hydrogen-bond donors (Lipinski definition) is 0. The summed E-state index contributed by atoms with van der Waals surface area (Å²) in [6, 6.07) is 0. The molecule has 2 radical (unpaired) electrons. The predicted octanol–water partition coefficient (Wildman–Crippen LogP) is 0.166. The van der Waals surface area contributed by atoms with Gasteiger partial charge in [0.2, 0.25) is 0 Å². The van der Waals surface area contributed by atoms with Crippen molar-refractivity contribution >= 4 is 22.8 Å².